The Morgan fingerprint density at radius 3 is 2.78 bits per heavy atom. The van der Waals surface area contributed by atoms with E-state index in [-0.39, 0.29) is 0 Å². The minimum absolute atomic E-state index is 0.512. The molecule has 0 spiro atoms. The molecule has 2 N–H and O–H groups in total. The SMILES string of the molecule is [B]c1cnc(Br)cc1N. The minimum atomic E-state index is 0.512. The summed E-state index contributed by atoms with van der Waals surface area (Å²) in [6.45, 7) is 0. The standard InChI is InChI=1S/C5H4BBrN2/c6-3-2-9-5(7)1-4(3)8/h1-2H,(H2,8,9). The molecule has 0 atom stereocenters. The summed E-state index contributed by atoms with van der Waals surface area (Å²) in [4.78, 5) is 3.85. The highest BCUT2D eigenvalue weighted by atomic mass is 79.9. The molecule has 9 heavy (non-hydrogen) atoms. The molecule has 0 aliphatic carbocycles. The Kier molecular flexibility index (Phi) is 1.76. The maximum Gasteiger partial charge on any atom is 0.118 e. The largest absolute Gasteiger partial charge is 0.399 e. The molecule has 0 aliphatic rings. The molecule has 0 bridgehead atoms. The van der Waals surface area contributed by atoms with Gasteiger partial charge in [0.1, 0.15) is 12.4 Å². The average molecular weight is 183 g/mol. The van der Waals surface area contributed by atoms with E-state index in [1.807, 2.05) is 0 Å². The third kappa shape index (κ3) is 1.45. The molecule has 4 heteroatoms. The summed E-state index contributed by atoms with van der Waals surface area (Å²) in [5.41, 5.74) is 6.49. The van der Waals surface area contributed by atoms with E-state index in [9.17, 15) is 0 Å². The molecule has 44 valence electrons. The Hall–Kier alpha value is -0.505. The summed E-state index contributed by atoms with van der Waals surface area (Å²) >= 11 is 3.15. The molecule has 2 radical (unpaired) electrons. The fourth-order valence-electron chi connectivity index (χ4n) is 0.455. The molecule has 1 aromatic rings. The van der Waals surface area contributed by atoms with Gasteiger partial charge in [0.05, 0.1) is 0 Å². The monoisotopic (exact) mass is 182 g/mol. The van der Waals surface area contributed by atoms with Crippen LogP contribution in [0.15, 0.2) is 16.9 Å². The average Bonchev–Trinajstić information content (AvgIpc) is 1.80. The predicted octanol–water partition coefficient (Wildman–Crippen LogP) is 0.220. The summed E-state index contributed by atoms with van der Waals surface area (Å²) in [7, 11) is 5.38. The molecule has 0 aromatic carbocycles. The van der Waals surface area contributed by atoms with Gasteiger partial charge in [-0.2, -0.15) is 0 Å². The van der Waals surface area contributed by atoms with Crippen LogP contribution < -0.4 is 11.2 Å². The number of nitrogen functional groups attached to an aromatic ring is 1. The van der Waals surface area contributed by atoms with Crippen LogP contribution in [-0.4, -0.2) is 12.8 Å². The van der Waals surface area contributed by atoms with Gasteiger partial charge >= 0.3 is 0 Å². The highest BCUT2D eigenvalue weighted by molar-refractivity contribution is 9.10. The number of nitrogens with zero attached hydrogens (tertiary/aromatic N) is 1. The number of pyridine rings is 1. The van der Waals surface area contributed by atoms with Crippen molar-refractivity contribution in [2.45, 2.75) is 0 Å². The Labute approximate surface area is 63.0 Å². The Bertz CT molecular complexity index is 226. The number of rotatable bonds is 0. The maximum atomic E-state index is 5.43. The summed E-state index contributed by atoms with van der Waals surface area (Å²) in [5.74, 6) is 0. The summed E-state index contributed by atoms with van der Waals surface area (Å²) < 4.78 is 0.703. The molecular formula is C5H4BBrN2. The zero-order chi connectivity index (χ0) is 6.85. The first-order valence-electron chi connectivity index (χ1n) is 2.36. The lowest BCUT2D eigenvalue weighted by atomic mass is 9.97. The third-order valence-corrected chi connectivity index (χ3v) is 1.37. The normalized spacial score (nSPS) is 9.44. The lowest BCUT2D eigenvalue weighted by Gasteiger charge is -1.96. The lowest BCUT2D eigenvalue weighted by molar-refractivity contribution is 1.30. The van der Waals surface area contributed by atoms with Gasteiger partial charge in [0.25, 0.3) is 0 Å². The van der Waals surface area contributed by atoms with Crippen LogP contribution in [0.4, 0.5) is 5.69 Å². The van der Waals surface area contributed by atoms with Gasteiger partial charge in [-0.05, 0) is 22.0 Å². The van der Waals surface area contributed by atoms with E-state index in [1.54, 1.807) is 6.07 Å². The van der Waals surface area contributed by atoms with Crippen LogP contribution in [0, 0.1) is 0 Å². The number of aromatic nitrogens is 1. The van der Waals surface area contributed by atoms with Crippen molar-refractivity contribution in [2.24, 2.45) is 0 Å². The molecule has 0 amide bonds. The van der Waals surface area contributed by atoms with Crippen LogP contribution in [0.25, 0.3) is 0 Å². The van der Waals surface area contributed by atoms with Crippen LogP contribution in [0.5, 0.6) is 0 Å². The van der Waals surface area contributed by atoms with Crippen molar-refractivity contribution in [3.8, 4) is 0 Å². The predicted molar refractivity (Wildman–Crippen MR) is 41.7 cm³/mol. The number of halogens is 1. The van der Waals surface area contributed by atoms with E-state index in [4.69, 9.17) is 13.6 Å². The second-order valence-corrected chi connectivity index (χ2v) is 2.45. The molecule has 0 fully saturated rings. The summed E-state index contributed by atoms with van der Waals surface area (Å²) in [6.07, 6.45) is 1.51. The van der Waals surface area contributed by atoms with Crippen molar-refractivity contribution < 1.29 is 0 Å². The molecule has 0 saturated heterocycles. The van der Waals surface area contributed by atoms with Crippen molar-refractivity contribution >= 4 is 34.9 Å². The second kappa shape index (κ2) is 2.39. The van der Waals surface area contributed by atoms with Gasteiger partial charge in [-0.3, -0.25) is 0 Å². The van der Waals surface area contributed by atoms with Crippen molar-refractivity contribution in [1.82, 2.24) is 4.98 Å². The second-order valence-electron chi connectivity index (χ2n) is 1.64. The Morgan fingerprint density at radius 2 is 2.33 bits per heavy atom. The van der Waals surface area contributed by atoms with Crippen molar-refractivity contribution in [2.75, 3.05) is 5.73 Å². The quantitative estimate of drug-likeness (QED) is 0.461. The van der Waals surface area contributed by atoms with E-state index >= 15 is 0 Å². The fraction of sp³-hybridized carbons (Fsp3) is 0. The zero-order valence-electron chi connectivity index (χ0n) is 4.63. The molecule has 1 heterocycles. The lowest BCUT2D eigenvalue weighted by Crippen LogP contribution is -2.09. The topological polar surface area (TPSA) is 38.9 Å². The highest BCUT2D eigenvalue weighted by Crippen LogP contribution is 2.05. The zero-order valence-corrected chi connectivity index (χ0v) is 6.22. The van der Waals surface area contributed by atoms with Gasteiger partial charge in [-0.25, -0.2) is 4.98 Å². The van der Waals surface area contributed by atoms with Gasteiger partial charge < -0.3 is 5.73 Å². The molecule has 1 aromatic heterocycles. The number of hydrogen-bond donors (Lipinski definition) is 1. The van der Waals surface area contributed by atoms with E-state index < -0.39 is 0 Å². The van der Waals surface area contributed by atoms with E-state index in [2.05, 4.69) is 20.9 Å². The van der Waals surface area contributed by atoms with Crippen LogP contribution in [-0.2, 0) is 0 Å². The molecule has 1 rings (SSSR count). The van der Waals surface area contributed by atoms with Gasteiger partial charge in [-0.1, -0.05) is 5.46 Å². The molecular weight excluding hydrogens is 179 g/mol. The van der Waals surface area contributed by atoms with E-state index in [1.165, 1.54) is 6.20 Å². The van der Waals surface area contributed by atoms with Gasteiger partial charge in [0.2, 0.25) is 0 Å². The Morgan fingerprint density at radius 1 is 1.67 bits per heavy atom. The van der Waals surface area contributed by atoms with Crippen molar-refractivity contribution in [3.63, 3.8) is 0 Å². The minimum Gasteiger partial charge on any atom is -0.399 e. The van der Waals surface area contributed by atoms with Gasteiger partial charge in [0.15, 0.2) is 0 Å². The molecule has 0 saturated carbocycles. The first-order chi connectivity index (χ1) is 4.20. The third-order valence-electron chi connectivity index (χ3n) is 0.935. The molecule has 2 nitrogen and oxygen atoms in total. The maximum absolute atomic E-state index is 5.43. The van der Waals surface area contributed by atoms with E-state index in [0.717, 1.165) is 0 Å². The number of hydrogen-bond acceptors (Lipinski definition) is 2. The summed E-state index contributed by atoms with van der Waals surface area (Å²) in [5, 5.41) is 0. The van der Waals surface area contributed by atoms with Crippen LogP contribution in [0.1, 0.15) is 0 Å². The fourth-order valence-corrected chi connectivity index (χ4v) is 0.804. The first kappa shape index (κ1) is 6.61. The Balaban J connectivity index is 3.17. The highest BCUT2D eigenvalue weighted by Gasteiger charge is 1.91. The van der Waals surface area contributed by atoms with Gasteiger partial charge in [0, 0.05) is 11.9 Å². The first-order valence-corrected chi connectivity index (χ1v) is 3.16. The number of anilines is 1. The van der Waals surface area contributed by atoms with Crippen molar-refractivity contribution in [3.05, 3.63) is 16.9 Å². The summed E-state index contributed by atoms with van der Waals surface area (Å²) in [6, 6.07) is 1.66. The molecule has 0 unspecified atom stereocenters. The van der Waals surface area contributed by atoms with Crippen LogP contribution in [0.2, 0.25) is 0 Å². The van der Waals surface area contributed by atoms with Crippen LogP contribution >= 0.6 is 15.9 Å². The van der Waals surface area contributed by atoms with Crippen molar-refractivity contribution in [1.29, 1.82) is 0 Å². The molecule has 0 aliphatic heterocycles. The van der Waals surface area contributed by atoms with Crippen LogP contribution in [0.3, 0.4) is 0 Å². The number of nitrogens with two attached hydrogens (primary N) is 1. The van der Waals surface area contributed by atoms with Gasteiger partial charge in [-0.15, -0.1) is 0 Å². The van der Waals surface area contributed by atoms with E-state index in [0.29, 0.717) is 15.8 Å². The smallest absolute Gasteiger partial charge is 0.118 e.